The van der Waals surface area contributed by atoms with Gasteiger partial charge in [0.05, 0.1) is 34.2 Å². The number of pyridine rings is 1. The summed E-state index contributed by atoms with van der Waals surface area (Å²) in [7, 11) is 0. The molecule has 6 rings (SSSR count). The predicted molar refractivity (Wildman–Crippen MR) is 130 cm³/mol. The Hall–Kier alpha value is -4.13. The molecule has 4 heterocycles. The average Bonchev–Trinajstić information content (AvgIpc) is 3.44. The first-order valence-corrected chi connectivity index (χ1v) is 12.2. The molecule has 0 spiro atoms. The second-order valence-corrected chi connectivity index (χ2v) is 9.63. The highest BCUT2D eigenvalue weighted by Crippen LogP contribution is 2.45. The summed E-state index contributed by atoms with van der Waals surface area (Å²) in [6, 6.07) is 6.37. The Labute approximate surface area is 219 Å². The van der Waals surface area contributed by atoms with Crippen molar-refractivity contribution in [3.8, 4) is 28.2 Å². The maximum atomic E-state index is 15.2. The molecule has 0 N–H and O–H groups in total. The van der Waals surface area contributed by atoms with Crippen LogP contribution in [0.4, 0.5) is 13.2 Å². The van der Waals surface area contributed by atoms with Gasteiger partial charge in [-0.25, -0.2) is 9.37 Å². The van der Waals surface area contributed by atoms with E-state index in [4.69, 9.17) is 11.6 Å². The standard InChI is InChI=1S/C24H20ClF3N10/c1-13-6-15(13)7-20(36-10-16(9-32-36)23-30-11-33-38(23)24(27)28)18-4-2-14(8-29-18)21-19(37-12-31-34-35-37)5-3-17(25)22(21)26/h2-5,8-13,15,20,24H,6-7H2,1H3/t13?,15-,20-/m1/s1. The summed E-state index contributed by atoms with van der Waals surface area (Å²) < 4.78 is 45.5. The lowest BCUT2D eigenvalue weighted by Crippen LogP contribution is -2.14. The topological polar surface area (TPSA) is 105 Å². The molecule has 14 heteroatoms. The van der Waals surface area contributed by atoms with E-state index in [9.17, 15) is 8.78 Å². The van der Waals surface area contributed by atoms with Crippen molar-refractivity contribution in [3.63, 3.8) is 0 Å². The van der Waals surface area contributed by atoms with Crippen LogP contribution >= 0.6 is 11.6 Å². The molecule has 1 aromatic carbocycles. The van der Waals surface area contributed by atoms with Crippen molar-refractivity contribution < 1.29 is 13.2 Å². The van der Waals surface area contributed by atoms with E-state index in [-0.39, 0.29) is 22.5 Å². The number of alkyl halides is 2. The summed E-state index contributed by atoms with van der Waals surface area (Å²) in [6.45, 7) is -0.640. The maximum Gasteiger partial charge on any atom is 0.335 e. The van der Waals surface area contributed by atoms with Crippen LogP contribution in [0.15, 0.2) is 55.5 Å². The molecular weight excluding hydrogens is 521 g/mol. The van der Waals surface area contributed by atoms with Crippen molar-refractivity contribution in [1.82, 2.24) is 49.7 Å². The molecule has 0 amide bonds. The van der Waals surface area contributed by atoms with E-state index >= 15 is 4.39 Å². The van der Waals surface area contributed by atoms with Crippen LogP contribution < -0.4 is 0 Å². The second-order valence-electron chi connectivity index (χ2n) is 9.22. The Morgan fingerprint density at radius 3 is 2.61 bits per heavy atom. The molecule has 3 atom stereocenters. The Morgan fingerprint density at radius 1 is 1.08 bits per heavy atom. The molecule has 5 aromatic rings. The van der Waals surface area contributed by atoms with Crippen LogP contribution in [0.25, 0.3) is 28.2 Å². The number of rotatable bonds is 8. The zero-order chi connectivity index (χ0) is 26.4. The predicted octanol–water partition coefficient (Wildman–Crippen LogP) is 5.00. The van der Waals surface area contributed by atoms with Crippen molar-refractivity contribution >= 4 is 11.6 Å². The smallest absolute Gasteiger partial charge is 0.263 e. The highest BCUT2D eigenvalue weighted by molar-refractivity contribution is 6.31. The van der Waals surface area contributed by atoms with Crippen molar-refractivity contribution in [2.24, 2.45) is 11.8 Å². The maximum absolute atomic E-state index is 15.2. The quantitative estimate of drug-likeness (QED) is 0.272. The van der Waals surface area contributed by atoms with Crippen LogP contribution in [-0.4, -0.2) is 49.7 Å². The zero-order valence-electron chi connectivity index (χ0n) is 19.9. The summed E-state index contributed by atoms with van der Waals surface area (Å²) in [5, 5.41) is 19.2. The summed E-state index contributed by atoms with van der Waals surface area (Å²) in [5.74, 6) is 0.473. The Kier molecular flexibility index (Phi) is 6.14. The van der Waals surface area contributed by atoms with Crippen LogP contribution in [-0.2, 0) is 0 Å². The van der Waals surface area contributed by atoms with Gasteiger partial charge in [-0.3, -0.25) is 9.67 Å². The third kappa shape index (κ3) is 4.42. The number of halogens is 4. The second kappa shape index (κ2) is 9.63. The lowest BCUT2D eigenvalue weighted by Gasteiger charge is -2.18. The van der Waals surface area contributed by atoms with E-state index in [1.807, 2.05) is 0 Å². The number of tetrazole rings is 1. The minimum atomic E-state index is -2.82. The van der Waals surface area contributed by atoms with Crippen LogP contribution in [0.5, 0.6) is 0 Å². The van der Waals surface area contributed by atoms with Gasteiger partial charge < -0.3 is 0 Å². The Morgan fingerprint density at radius 2 is 1.92 bits per heavy atom. The molecule has 0 bridgehead atoms. The summed E-state index contributed by atoms with van der Waals surface area (Å²) in [5.41, 5.74) is 2.23. The molecule has 1 aliphatic rings. The fourth-order valence-electron chi connectivity index (χ4n) is 4.63. The van der Waals surface area contributed by atoms with Gasteiger partial charge in [-0.2, -0.15) is 28.3 Å². The minimum absolute atomic E-state index is 0.0275. The number of hydrogen-bond acceptors (Lipinski definition) is 7. The average molecular weight is 541 g/mol. The third-order valence-electron chi connectivity index (χ3n) is 6.82. The number of hydrogen-bond donors (Lipinski definition) is 0. The van der Waals surface area contributed by atoms with E-state index in [1.54, 1.807) is 35.3 Å². The third-order valence-corrected chi connectivity index (χ3v) is 7.12. The number of nitrogens with zero attached hydrogens (tertiary/aromatic N) is 10. The lowest BCUT2D eigenvalue weighted by molar-refractivity contribution is 0.0582. The van der Waals surface area contributed by atoms with Gasteiger partial charge in [-0.05, 0) is 53.3 Å². The van der Waals surface area contributed by atoms with Crippen molar-refractivity contribution in [1.29, 1.82) is 0 Å². The highest BCUT2D eigenvalue weighted by Gasteiger charge is 2.36. The zero-order valence-corrected chi connectivity index (χ0v) is 20.7. The molecule has 4 aromatic heterocycles. The first-order valence-electron chi connectivity index (χ1n) is 11.8. The molecule has 0 radical (unpaired) electrons. The Balaban J connectivity index is 1.36. The van der Waals surface area contributed by atoms with Crippen molar-refractivity contribution in [2.45, 2.75) is 32.4 Å². The molecule has 38 heavy (non-hydrogen) atoms. The number of benzene rings is 1. The summed E-state index contributed by atoms with van der Waals surface area (Å²) >= 11 is 6.09. The summed E-state index contributed by atoms with van der Waals surface area (Å²) in [6.07, 6.45) is 9.02. The molecule has 1 unspecified atom stereocenters. The molecule has 0 saturated heterocycles. The molecule has 0 aliphatic heterocycles. The van der Waals surface area contributed by atoms with E-state index in [2.05, 4.69) is 42.6 Å². The monoisotopic (exact) mass is 540 g/mol. The molecule has 1 fully saturated rings. The van der Waals surface area contributed by atoms with Crippen LogP contribution in [0.3, 0.4) is 0 Å². The van der Waals surface area contributed by atoms with E-state index in [0.29, 0.717) is 39.0 Å². The molecule has 1 aliphatic carbocycles. The van der Waals surface area contributed by atoms with Crippen LogP contribution in [0.1, 0.15) is 38.1 Å². The van der Waals surface area contributed by atoms with Gasteiger partial charge in [0.15, 0.2) is 11.6 Å². The van der Waals surface area contributed by atoms with E-state index < -0.39 is 12.4 Å². The highest BCUT2D eigenvalue weighted by atomic mass is 35.5. The first-order chi connectivity index (χ1) is 18.4. The number of aromatic nitrogens is 10. The van der Waals surface area contributed by atoms with Crippen molar-refractivity contribution in [3.05, 3.63) is 72.0 Å². The fourth-order valence-corrected chi connectivity index (χ4v) is 4.79. The van der Waals surface area contributed by atoms with Gasteiger partial charge in [0.1, 0.15) is 12.7 Å². The summed E-state index contributed by atoms with van der Waals surface area (Å²) in [4.78, 5) is 8.63. The fraction of sp³-hybridized carbons (Fsp3) is 0.292. The van der Waals surface area contributed by atoms with Gasteiger partial charge in [-0.1, -0.05) is 24.6 Å². The van der Waals surface area contributed by atoms with E-state index in [0.717, 1.165) is 19.2 Å². The SMILES string of the molecule is CC1C[C@@H]1C[C@H](c1ccc(-c2c(-n3cnnn3)ccc(Cl)c2F)cn1)n1cc(-c2ncnn2C(F)F)cn1. The van der Waals surface area contributed by atoms with Gasteiger partial charge in [-0.15, -0.1) is 5.10 Å². The van der Waals surface area contributed by atoms with Crippen molar-refractivity contribution in [2.75, 3.05) is 0 Å². The largest absolute Gasteiger partial charge is 0.335 e. The Bertz CT molecular complexity index is 1560. The molecule has 1 saturated carbocycles. The first kappa shape index (κ1) is 24.2. The minimum Gasteiger partial charge on any atom is -0.263 e. The van der Waals surface area contributed by atoms with Gasteiger partial charge in [0.25, 0.3) is 0 Å². The normalized spacial score (nSPS) is 17.7. The molecular formula is C24H20ClF3N10. The van der Waals surface area contributed by atoms with E-state index in [1.165, 1.54) is 23.3 Å². The molecule has 10 nitrogen and oxygen atoms in total. The van der Waals surface area contributed by atoms with Crippen LogP contribution in [0.2, 0.25) is 5.02 Å². The van der Waals surface area contributed by atoms with Crippen LogP contribution in [0, 0.1) is 17.7 Å². The molecule has 194 valence electrons. The van der Waals surface area contributed by atoms with Gasteiger partial charge in [0, 0.05) is 23.5 Å². The lowest BCUT2D eigenvalue weighted by atomic mass is 10.0. The van der Waals surface area contributed by atoms with Gasteiger partial charge in [0.2, 0.25) is 0 Å². The van der Waals surface area contributed by atoms with Gasteiger partial charge >= 0.3 is 6.55 Å².